The summed E-state index contributed by atoms with van der Waals surface area (Å²) in [6.45, 7) is 3.61. The average molecular weight is 421 g/mol. The highest BCUT2D eigenvalue weighted by Crippen LogP contribution is 2.29. The molecular formula is C24H24FN3O3. The summed E-state index contributed by atoms with van der Waals surface area (Å²) in [4.78, 5) is 28.3. The average Bonchev–Trinajstić information content (AvgIpc) is 3.39. The van der Waals surface area contributed by atoms with Crippen molar-refractivity contribution in [3.63, 3.8) is 0 Å². The van der Waals surface area contributed by atoms with Crippen LogP contribution < -0.4 is 5.32 Å². The summed E-state index contributed by atoms with van der Waals surface area (Å²) in [5.41, 5.74) is 2.27. The highest BCUT2D eigenvalue weighted by Gasteiger charge is 2.41. The van der Waals surface area contributed by atoms with Gasteiger partial charge in [0.2, 0.25) is 5.91 Å². The molecule has 0 aliphatic carbocycles. The van der Waals surface area contributed by atoms with E-state index in [1.165, 1.54) is 24.3 Å². The molecule has 1 N–H and O–H groups in total. The first-order valence-corrected chi connectivity index (χ1v) is 10.3. The van der Waals surface area contributed by atoms with E-state index in [1.807, 2.05) is 37.3 Å². The van der Waals surface area contributed by atoms with Crippen molar-refractivity contribution in [2.75, 3.05) is 13.1 Å². The minimum Gasteiger partial charge on any atom is -0.359 e. The Bertz CT molecular complexity index is 1050. The van der Waals surface area contributed by atoms with E-state index in [9.17, 15) is 14.0 Å². The number of nitrogens with zero attached hydrogens (tertiary/aromatic N) is 2. The number of carbonyl (C=O) groups is 2. The van der Waals surface area contributed by atoms with Gasteiger partial charge in [0.25, 0.3) is 0 Å². The van der Waals surface area contributed by atoms with Gasteiger partial charge in [-0.3, -0.25) is 14.5 Å². The van der Waals surface area contributed by atoms with Crippen LogP contribution >= 0.6 is 0 Å². The Hall–Kier alpha value is -3.32. The zero-order valence-corrected chi connectivity index (χ0v) is 17.3. The molecule has 6 nitrogen and oxygen atoms in total. The summed E-state index contributed by atoms with van der Waals surface area (Å²) in [5, 5.41) is 6.69. The Morgan fingerprint density at radius 2 is 1.81 bits per heavy atom. The number of benzene rings is 2. The van der Waals surface area contributed by atoms with Crippen LogP contribution in [0.15, 0.2) is 65.2 Å². The van der Waals surface area contributed by atoms with Gasteiger partial charge in [0.15, 0.2) is 11.5 Å². The number of aryl methyl sites for hydroxylation is 1. The van der Waals surface area contributed by atoms with Gasteiger partial charge in [-0.05, 0) is 36.8 Å². The van der Waals surface area contributed by atoms with Crippen LogP contribution in [0.2, 0.25) is 0 Å². The Balaban J connectivity index is 1.50. The third-order valence-corrected chi connectivity index (χ3v) is 5.56. The van der Waals surface area contributed by atoms with Gasteiger partial charge in [-0.25, -0.2) is 4.39 Å². The maximum atomic E-state index is 13.3. The SMILES string of the molecule is Cc1cc(CNC(=O)[C@@H]2CN(Cc3ccccc3)C[C@H]2C(=O)c2ccc(F)cc2)on1. The zero-order chi connectivity index (χ0) is 21.8. The first kappa shape index (κ1) is 20.9. The van der Waals surface area contributed by atoms with E-state index in [1.54, 1.807) is 6.07 Å². The number of hydrogen-bond donors (Lipinski definition) is 1. The lowest BCUT2D eigenvalue weighted by Gasteiger charge is -2.17. The number of likely N-dealkylation sites (tertiary alicyclic amines) is 1. The van der Waals surface area contributed by atoms with Gasteiger partial charge in [-0.1, -0.05) is 35.5 Å². The lowest BCUT2D eigenvalue weighted by atomic mass is 9.88. The lowest BCUT2D eigenvalue weighted by Crippen LogP contribution is -2.37. The van der Waals surface area contributed by atoms with Crippen molar-refractivity contribution in [1.29, 1.82) is 0 Å². The largest absolute Gasteiger partial charge is 0.359 e. The molecule has 3 aromatic rings. The molecule has 1 aliphatic rings. The van der Waals surface area contributed by atoms with Gasteiger partial charge in [-0.15, -0.1) is 0 Å². The number of aromatic nitrogens is 1. The molecule has 7 heteroatoms. The molecule has 1 aromatic heterocycles. The van der Waals surface area contributed by atoms with Crippen molar-refractivity contribution in [1.82, 2.24) is 15.4 Å². The topological polar surface area (TPSA) is 75.4 Å². The van der Waals surface area contributed by atoms with Crippen molar-refractivity contribution in [3.05, 3.63) is 89.1 Å². The molecule has 2 atom stereocenters. The van der Waals surface area contributed by atoms with Crippen LogP contribution in [0.5, 0.6) is 0 Å². The van der Waals surface area contributed by atoms with E-state index < -0.39 is 17.7 Å². The summed E-state index contributed by atoms with van der Waals surface area (Å²) in [7, 11) is 0. The van der Waals surface area contributed by atoms with Crippen LogP contribution in [0.1, 0.15) is 27.4 Å². The third-order valence-electron chi connectivity index (χ3n) is 5.56. The minimum absolute atomic E-state index is 0.147. The highest BCUT2D eigenvalue weighted by molar-refractivity contribution is 6.01. The number of hydrogen-bond acceptors (Lipinski definition) is 5. The fraction of sp³-hybridized carbons (Fsp3) is 0.292. The molecule has 1 amide bonds. The van der Waals surface area contributed by atoms with Gasteiger partial charge < -0.3 is 9.84 Å². The zero-order valence-electron chi connectivity index (χ0n) is 17.3. The number of amides is 1. The Kier molecular flexibility index (Phi) is 6.23. The molecule has 1 saturated heterocycles. The first-order valence-electron chi connectivity index (χ1n) is 10.3. The number of ketones is 1. The molecule has 160 valence electrons. The first-order chi connectivity index (χ1) is 15.0. The number of Topliss-reactive ketones (excluding diaryl/α,β-unsaturated/α-hetero) is 1. The predicted octanol–water partition coefficient (Wildman–Crippen LogP) is 3.37. The third kappa shape index (κ3) is 5.06. The van der Waals surface area contributed by atoms with Crippen molar-refractivity contribution >= 4 is 11.7 Å². The maximum Gasteiger partial charge on any atom is 0.225 e. The van der Waals surface area contributed by atoms with Gasteiger partial charge >= 0.3 is 0 Å². The van der Waals surface area contributed by atoms with Gasteiger partial charge in [-0.2, -0.15) is 0 Å². The normalized spacial score (nSPS) is 18.8. The van der Waals surface area contributed by atoms with E-state index >= 15 is 0 Å². The smallest absolute Gasteiger partial charge is 0.225 e. The van der Waals surface area contributed by atoms with Crippen LogP contribution in [0.25, 0.3) is 0 Å². The highest BCUT2D eigenvalue weighted by atomic mass is 19.1. The molecule has 2 aromatic carbocycles. The van der Waals surface area contributed by atoms with Crippen LogP contribution in [-0.2, 0) is 17.9 Å². The molecule has 0 spiro atoms. The molecule has 0 radical (unpaired) electrons. The number of carbonyl (C=O) groups excluding carboxylic acids is 2. The maximum absolute atomic E-state index is 13.3. The number of nitrogens with one attached hydrogen (secondary N) is 1. The van der Waals surface area contributed by atoms with E-state index in [4.69, 9.17) is 4.52 Å². The number of halogens is 1. The molecule has 31 heavy (non-hydrogen) atoms. The fourth-order valence-corrected chi connectivity index (χ4v) is 4.02. The molecule has 0 unspecified atom stereocenters. The standard InChI is InChI=1S/C24H24FN3O3/c1-16-11-20(31-27-16)12-26-24(30)22-15-28(13-17-5-3-2-4-6-17)14-21(22)23(29)18-7-9-19(25)10-8-18/h2-11,21-22H,12-15H2,1H3,(H,26,30)/t21-,22-/m1/s1. The van der Waals surface area contributed by atoms with Crippen molar-refractivity contribution < 1.29 is 18.5 Å². The summed E-state index contributed by atoms with van der Waals surface area (Å²) < 4.78 is 18.5. The van der Waals surface area contributed by atoms with Crippen molar-refractivity contribution in [3.8, 4) is 0 Å². The fourth-order valence-electron chi connectivity index (χ4n) is 4.02. The van der Waals surface area contributed by atoms with E-state index in [-0.39, 0.29) is 18.2 Å². The van der Waals surface area contributed by atoms with E-state index in [0.717, 1.165) is 11.3 Å². The van der Waals surface area contributed by atoms with Gasteiger partial charge in [0, 0.05) is 37.2 Å². The van der Waals surface area contributed by atoms with E-state index in [2.05, 4.69) is 15.4 Å². The van der Waals surface area contributed by atoms with Gasteiger partial charge in [0.1, 0.15) is 5.82 Å². The van der Waals surface area contributed by atoms with Crippen LogP contribution in [-0.4, -0.2) is 34.8 Å². The minimum atomic E-state index is -0.509. The molecule has 0 saturated carbocycles. The Labute approximate surface area is 180 Å². The van der Waals surface area contributed by atoms with Crippen molar-refractivity contribution in [2.24, 2.45) is 11.8 Å². The van der Waals surface area contributed by atoms with Gasteiger partial charge in [0.05, 0.1) is 18.2 Å². The quantitative estimate of drug-likeness (QED) is 0.592. The molecule has 2 heterocycles. The summed E-state index contributed by atoms with van der Waals surface area (Å²) in [6, 6.07) is 17.2. The molecule has 4 rings (SSSR count). The summed E-state index contributed by atoms with van der Waals surface area (Å²) >= 11 is 0. The van der Waals surface area contributed by atoms with Crippen molar-refractivity contribution in [2.45, 2.75) is 20.0 Å². The van der Waals surface area contributed by atoms with E-state index in [0.29, 0.717) is 31.0 Å². The molecule has 1 aliphatic heterocycles. The molecule has 0 bridgehead atoms. The van der Waals surface area contributed by atoms with Crippen LogP contribution in [0, 0.1) is 24.6 Å². The van der Waals surface area contributed by atoms with Crippen LogP contribution in [0.3, 0.4) is 0 Å². The second-order valence-electron chi connectivity index (χ2n) is 7.92. The summed E-state index contributed by atoms with van der Waals surface area (Å²) in [5.74, 6) is -1.20. The van der Waals surface area contributed by atoms with Crippen LogP contribution in [0.4, 0.5) is 4.39 Å². The Morgan fingerprint density at radius 3 is 2.48 bits per heavy atom. The summed E-state index contributed by atoms with van der Waals surface area (Å²) in [6.07, 6.45) is 0. The number of rotatable bonds is 7. The second-order valence-corrected chi connectivity index (χ2v) is 7.92. The molecule has 1 fully saturated rings. The monoisotopic (exact) mass is 421 g/mol. The predicted molar refractivity (Wildman–Crippen MR) is 113 cm³/mol. The molecular weight excluding hydrogens is 397 g/mol. The lowest BCUT2D eigenvalue weighted by molar-refractivity contribution is -0.125. The second kappa shape index (κ2) is 9.22. The Morgan fingerprint density at radius 1 is 1.10 bits per heavy atom.